The number of amides is 1. The van der Waals surface area contributed by atoms with Gasteiger partial charge in [-0.15, -0.1) is 0 Å². The quantitative estimate of drug-likeness (QED) is 0.414. The van der Waals surface area contributed by atoms with Crippen LogP contribution >= 0.6 is 11.8 Å². The summed E-state index contributed by atoms with van der Waals surface area (Å²) in [5.74, 6) is 1.20. The molecule has 0 radical (unpaired) electrons. The number of thioether (sulfide) groups is 1. The summed E-state index contributed by atoms with van der Waals surface area (Å²) in [5, 5.41) is 17.0. The topological polar surface area (TPSA) is 92.3 Å². The predicted octanol–water partition coefficient (Wildman–Crippen LogP) is 5.46. The minimum absolute atomic E-state index is 0.0580. The number of aromatic nitrogens is 1. The maximum Gasteiger partial charge on any atom is 0.283 e. The van der Waals surface area contributed by atoms with Crippen LogP contribution in [0.4, 0.5) is 0 Å². The maximum atomic E-state index is 12.9. The molecule has 5 rings (SSSR count). The average molecular weight is 502 g/mol. The van der Waals surface area contributed by atoms with Gasteiger partial charge in [0.2, 0.25) is 5.17 Å². The largest absolute Gasteiger partial charge is 0.497 e. The zero-order chi connectivity index (χ0) is 25.2. The van der Waals surface area contributed by atoms with Crippen molar-refractivity contribution in [3.8, 4) is 11.5 Å². The summed E-state index contributed by atoms with van der Waals surface area (Å²) in [6, 6.07) is 15.6. The Balaban J connectivity index is 1.44. The monoisotopic (exact) mass is 501 g/mol. The number of ether oxygens (including phenoxy) is 2. The van der Waals surface area contributed by atoms with Crippen LogP contribution in [0.2, 0.25) is 0 Å². The van der Waals surface area contributed by atoms with Crippen molar-refractivity contribution < 1.29 is 14.3 Å². The minimum atomic E-state index is -0.411. The van der Waals surface area contributed by atoms with E-state index in [2.05, 4.69) is 27.7 Å². The highest BCUT2D eigenvalue weighted by Crippen LogP contribution is 2.32. The molecule has 184 valence electrons. The molecule has 8 nitrogen and oxygen atoms in total. The number of nitrogens with zero attached hydrogens (tertiary/aromatic N) is 4. The molecule has 1 N–H and O–H groups in total. The van der Waals surface area contributed by atoms with Crippen LogP contribution < -0.4 is 9.47 Å². The Kier molecular flexibility index (Phi) is 6.65. The normalized spacial score (nSPS) is 16.4. The van der Waals surface area contributed by atoms with E-state index in [4.69, 9.17) is 14.9 Å². The first-order valence-corrected chi connectivity index (χ1v) is 12.7. The van der Waals surface area contributed by atoms with Gasteiger partial charge in [0.15, 0.2) is 5.84 Å². The van der Waals surface area contributed by atoms with E-state index < -0.39 is 5.91 Å². The van der Waals surface area contributed by atoms with E-state index in [1.54, 1.807) is 13.2 Å². The minimum Gasteiger partial charge on any atom is -0.497 e. The van der Waals surface area contributed by atoms with E-state index >= 15 is 0 Å². The molecule has 2 aromatic carbocycles. The summed E-state index contributed by atoms with van der Waals surface area (Å²) in [5.41, 5.74) is 3.16. The molecule has 2 aliphatic heterocycles. The van der Waals surface area contributed by atoms with Crippen molar-refractivity contribution in [3.05, 3.63) is 65.4 Å². The number of carbonyl (C=O) groups excluding carboxylic acids is 1. The van der Waals surface area contributed by atoms with E-state index in [0.717, 1.165) is 51.5 Å². The number of hydrazone groups is 1. The van der Waals surface area contributed by atoms with Gasteiger partial charge in [-0.3, -0.25) is 10.2 Å². The lowest BCUT2D eigenvalue weighted by atomic mass is 10.1. The molecule has 0 aliphatic carbocycles. The van der Waals surface area contributed by atoms with Gasteiger partial charge in [0, 0.05) is 22.2 Å². The number of benzene rings is 2. The Morgan fingerprint density at radius 3 is 2.61 bits per heavy atom. The van der Waals surface area contributed by atoms with Crippen LogP contribution in [0.25, 0.3) is 17.0 Å². The lowest BCUT2D eigenvalue weighted by molar-refractivity contribution is -0.114. The molecule has 0 fully saturated rings. The smallest absolute Gasteiger partial charge is 0.283 e. The fourth-order valence-electron chi connectivity index (χ4n) is 4.35. The molecule has 0 saturated heterocycles. The molecular formula is C27H27N5O3S. The van der Waals surface area contributed by atoms with E-state index in [1.807, 2.05) is 49.4 Å². The third-order valence-electron chi connectivity index (χ3n) is 6.17. The third-order valence-corrected chi connectivity index (χ3v) is 7.14. The first kappa shape index (κ1) is 23.9. The number of hydrogen-bond donors (Lipinski definition) is 1. The maximum absolute atomic E-state index is 12.9. The van der Waals surface area contributed by atoms with Crippen LogP contribution in [0, 0.1) is 12.3 Å². The van der Waals surface area contributed by atoms with Crippen LogP contribution in [0.5, 0.6) is 11.5 Å². The van der Waals surface area contributed by atoms with Crippen LogP contribution in [0.15, 0.2) is 64.2 Å². The molecule has 3 aromatic rings. The summed E-state index contributed by atoms with van der Waals surface area (Å²) in [6.07, 6.45) is 3.52. The number of rotatable bonds is 8. The van der Waals surface area contributed by atoms with E-state index in [0.29, 0.717) is 18.3 Å². The predicted molar refractivity (Wildman–Crippen MR) is 145 cm³/mol. The van der Waals surface area contributed by atoms with Crippen LogP contribution in [-0.2, 0) is 11.3 Å². The van der Waals surface area contributed by atoms with Gasteiger partial charge in [-0.1, -0.05) is 25.1 Å². The van der Waals surface area contributed by atoms with Crippen molar-refractivity contribution in [2.24, 2.45) is 10.1 Å². The lowest BCUT2D eigenvalue weighted by Gasteiger charge is -2.20. The molecule has 36 heavy (non-hydrogen) atoms. The number of aliphatic imine (C=N–C) groups is 1. The van der Waals surface area contributed by atoms with Crippen molar-refractivity contribution in [2.75, 3.05) is 13.7 Å². The molecule has 0 unspecified atom stereocenters. The second-order valence-electron chi connectivity index (χ2n) is 8.46. The fraction of sp³-hybridized carbons (Fsp3) is 0.259. The second kappa shape index (κ2) is 10.0. The Labute approximate surface area is 213 Å². The highest BCUT2D eigenvalue weighted by Gasteiger charge is 2.35. The molecule has 1 amide bonds. The highest BCUT2D eigenvalue weighted by molar-refractivity contribution is 8.26. The Hall–Kier alpha value is -3.85. The number of methoxy groups -OCH3 is 1. The summed E-state index contributed by atoms with van der Waals surface area (Å²) < 4.78 is 13.3. The first-order valence-electron chi connectivity index (χ1n) is 11.8. The molecular weight excluding hydrogens is 474 g/mol. The molecule has 0 bridgehead atoms. The zero-order valence-corrected chi connectivity index (χ0v) is 21.3. The van der Waals surface area contributed by atoms with Gasteiger partial charge >= 0.3 is 0 Å². The van der Waals surface area contributed by atoms with Crippen molar-refractivity contribution in [1.82, 2.24) is 9.58 Å². The van der Waals surface area contributed by atoms with E-state index in [1.165, 1.54) is 16.8 Å². The van der Waals surface area contributed by atoms with Crippen LogP contribution in [0.1, 0.15) is 31.0 Å². The number of hydrogen-bond acceptors (Lipinski definition) is 6. The van der Waals surface area contributed by atoms with Gasteiger partial charge in [0.1, 0.15) is 23.1 Å². The molecule has 2 aliphatic rings. The Bertz CT molecular complexity index is 1440. The third kappa shape index (κ3) is 4.42. The van der Waals surface area contributed by atoms with Crippen molar-refractivity contribution in [3.63, 3.8) is 0 Å². The Morgan fingerprint density at radius 1 is 1.11 bits per heavy atom. The molecule has 0 atom stereocenters. The van der Waals surface area contributed by atoms with Crippen molar-refractivity contribution in [1.29, 1.82) is 5.41 Å². The highest BCUT2D eigenvalue weighted by atomic mass is 32.2. The van der Waals surface area contributed by atoms with Gasteiger partial charge in [-0.2, -0.15) is 15.1 Å². The summed E-state index contributed by atoms with van der Waals surface area (Å²) in [7, 11) is 1.64. The van der Waals surface area contributed by atoms with Crippen molar-refractivity contribution >= 4 is 50.7 Å². The first-order chi connectivity index (χ1) is 17.5. The van der Waals surface area contributed by atoms with Crippen LogP contribution in [-0.4, -0.2) is 45.2 Å². The molecule has 9 heteroatoms. The average Bonchev–Trinajstić information content (AvgIpc) is 3.41. The number of carbonyl (C=O) groups is 1. The summed E-state index contributed by atoms with van der Waals surface area (Å²) in [4.78, 5) is 17.1. The number of para-hydroxylation sites is 1. The van der Waals surface area contributed by atoms with E-state index in [-0.39, 0.29) is 11.4 Å². The van der Waals surface area contributed by atoms with Gasteiger partial charge in [0.25, 0.3) is 5.91 Å². The van der Waals surface area contributed by atoms with Gasteiger partial charge < -0.3 is 14.0 Å². The standard InChI is InChI=1S/C27H27N5O3S/c1-4-7-24-30-32-25(28)22(26(33)29-27(32)36-24)16-21-17(2)31(23-9-6-5-8-20(21)23)14-15-35-19-12-10-18(34-3)11-13-19/h5-6,8-13,16,28H,4,7,14-15H2,1-3H3/b22-16+,28-25?. The van der Waals surface area contributed by atoms with Gasteiger partial charge in [-0.05, 0) is 67.9 Å². The fourth-order valence-corrected chi connectivity index (χ4v) is 5.33. The number of amidine groups is 2. The van der Waals surface area contributed by atoms with Crippen molar-refractivity contribution in [2.45, 2.75) is 33.2 Å². The molecule has 0 spiro atoms. The zero-order valence-electron chi connectivity index (χ0n) is 20.4. The van der Waals surface area contributed by atoms with Gasteiger partial charge in [0.05, 0.1) is 19.2 Å². The molecule has 3 heterocycles. The summed E-state index contributed by atoms with van der Waals surface area (Å²) in [6.45, 7) is 5.20. The van der Waals surface area contributed by atoms with E-state index in [9.17, 15) is 4.79 Å². The SMILES string of the molecule is CCCC1=NN2C(=N)/C(=C\c3c(C)n(CCOc4ccc(OC)cc4)c4ccccc34)C(=O)N=C2S1. The number of nitrogens with one attached hydrogen (secondary N) is 1. The lowest BCUT2D eigenvalue weighted by Crippen LogP contribution is -2.35. The summed E-state index contributed by atoms with van der Waals surface area (Å²) >= 11 is 1.37. The Morgan fingerprint density at radius 2 is 1.86 bits per heavy atom. The van der Waals surface area contributed by atoms with Crippen LogP contribution in [0.3, 0.4) is 0 Å². The molecule has 1 aromatic heterocycles. The number of fused-ring (bicyclic) bond motifs is 2. The molecule has 0 saturated carbocycles. The second-order valence-corrected chi connectivity index (χ2v) is 9.50. The van der Waals surface area contributed by atoms with Gasteiger partial charge in [-0.25, -0.2) is 0 Å².